The maximum absolute atomic E-state index is 13.1. The molecule has 18 heavy (non-hydrogen) atoms. The van der Waals surface area contributed by atoms with Crippen molar-refractivity contribution in [1.29, 1.82) is 0 Å². The third-order valence-corrected chi connectivity index (χ3v) is 5.69. The fraction of sp³-hybridized carbons (Fsp3) is 0.571. The Morgan fingerprint density at radius 2 is 2.33 bits per heavy atom. The van der Waals surface area contributed by atoms with Crippen molar-refractivity contribution in [2.75, 3.05) is 12.8 Å². The molecule has 1 aromatic rings. The van der Waals surface area contributed by atoms with E-state index in [1.54, 1.807) is 6.07 Å². The van der Waals surface area contributed by atoms with Crippen molar-refractivity contribution < 1.29 is 4.39 Å². The highest BCUT2D eigenvalue weighted by atomic mass is 35.5. The monoisotopic (exact) mass is 287 g/mol. The standard InChI is InChI=1S/C14H19ClFNS/c1-14(6-3-7-18-14)13(17-2)9-10-4-5-12(16)11(15)8-10/h4-5,8,13,17H,3,6-7,9H2,1-2H3. The van der Waals surface area contributed by atoms with E-state index in [0.29, 0.717) is 6.04 Å². The van der Waals surface area contributed by atoms with Crippen molar-refractivity contribution in [2.45, 2.75) is 37.0 Å². The van der Waals surface area contributed by atoms with Gasteiger partial charge in [0.1, 0.15) is 5.82 Å². The van der Waals surface area contributed by atoms with E-state index in [9.17, 15) is 4.39 Å². The zero-order chi connectivity index (χ0) is 13.2. The van der Waals surface area contributed by atoms with Gasteiger partial charge in [-0.15, -0.1) is 0 Å². The van der Waals surface area contributed by atoms with Crippen molar-refractivity contribution in [3.63, 3.8) is 0 Å². The first kappa shape index (κ1) is 14.2. The van der Waals surface area contributed by atoms with Gasteiger partial charge in [-0.3, -0.25) is 0 Å². The van der Waals surface area contributed by atoms with Gasteiger partial charge in [-0.25, -0.2) is 4.39 Å². The SMILES string of the molecule is CNC(Cc1ccc(F)c(Cl)c1)C1(C)CCCS1. The molecule has 0 aromatic heterocycles. The lowest BCUT2D eigenvalue weighted by Gasteiger charge is -2.33. The number of hydrogen-bond acceptors (Lipinski definition) is 2. The molecule has 1 fully saturated rings. The third kappa shape index (κ3) is 3.01. The molecule has 1 aromatic carbocycles. The Balaban J connectivity index is 2.12. The molecule has 2 rings (SSSR count). The van der Waals surface area contributed by atoms with E-state index in [1.165, 1.54) is 24.7 Å². The molecule has 0 aliphatic carbocycles. The van der Waals surface area contributed by atoms with Crippen LogP contribution < -0.4 is 5.32 Å². The molecule has 1 aliphatic heterocycles. The second-order valence-electron chi connectivity index (χ2n) is 5.06. The summed E-state index contributed by atoms with van der Waals surface area (Å²) in [5, 5.41) is 3.62. The predicted molar refractivity (Wildman–Crippen MR) is 78.1 cm³/mol. The zero-order valence-electron chi connectivity index (χ0n) is 10.8. The Bertz CT molecular complexity index is 418. The van der Waals surface area contributed by atoms with Crippen LogP contribution in [-0.4, -0.2) is 23.6 Å². The number of benzene rings is 1. The topological polar surface area (TPSA) is 12.0 Å². The van der Waals surface area contributed by atoms with Crippen LogP contribution in [0.1, 0.15) is 25.3 Å². The van der Waals surface area contributed by atoms with Crippen molar-refractivity contribution in [2.24, 2.45) is 0 Å². The van der Waals surface area contributed by atoms with Crippen molar-refractivity contribution >= 4 is 23.4 Å². The summed E-state index contributed by atoms with van der Waals surface area (Å²) in [5.74, 6) is 0.890. The first-order valence-corrected chi connectivity index (χ1v) is 7.67. The van der Waals surface area contributed by atoms with Gasteiger partial charge in [0.15, 0.2) is 0 Å². The zero-order valence-corrected chi connectivity index (χ0v) is 12.4. The summed E-state index contributed by atoms with van der Waals surface area (Å²) < 4.78 is 13.4. The molecule has 1 saturated heterocycles. The van der Waals surface area contributed by atoms with E-state index in [2.05, 4.69) is 12.2 Å². The number of likely N-dealkylation sites (N-methyl/N-ethyl adjacent to an activating group) is 1. The lowest BCUT2D eigenvalue weighted by Crippen LogP contribution is -2.45. The normalized spacial score (nSPS) is 25.3. The molecule has 0 radical (unpaired) electrons. The van der Waals surface area contributed by atoms with Crippen LogP contribution in [0.2, 0.25) is 5.02 Å². The Morgan fingerprint density at radius 3 is 2.89 bits per heavy atom. The number of hydrogen-bond donors (Lipinski definition) is 1. The van der Waals surface area contributed by atoms with Gasteiger partial charge in [-0.2, -0.15) is 11.8 Å². The highest BCUT2D eigenvalue weighted by Crippen LogP contribution is 2.41. The van der Waals surface area contributed by atoms with Gasteiger partial charge in [0, 0.05) is 10.8 Å². The average Bonchev–Trinajstić information content (AvgIpc) is 2.78. The largest absolute Gasteiger partial charge is 0.315 e. The van der Waals surface area contributed by atoms with Crippen LogP contribution in [0.5, 0.6) is 0 Å². The third-order valence-electron chi connectivity index (χ3n) is 3.76. The fourth-order valence-electron chi connectivity index (χ4n) is 2.60. The van der Waals surface area contributed by atoms with Crippen LogP contribution in [0.3, 0.4) is 0 Å². The van der Waals surface area contributed by atoms with E-state index < -0.39 is 0 Å². The van der Waals surface area contributed by atoms with Crippen molar-refractivity contribution in [3.05, 3.63) is 34.6 Å². The van der Waals surface area contributed by atoms with E-state index in [-0.39, 0.29) is 15.6 Å². The first-order chi connectivity index (χ1) is 8.55. The highest BCUT2D eigenvalue weighted by molar-refractivity contribution is 8.00. The summed E-state index contributed by atoms with van der Waals surface area (Å²) in [6.07, 6.45) is 3.40. The van der Waals surface area contributed by atoms with E-state index in [1.807, 2.05) is 24.9 Å². The molecule has 1 N–H and O–H groups in total. The molecule has 0 saturated carbocycles. The van der Waals surface area contributed by atoms with Crippen LogP contribution in [0.15, 0.2) is 18.2 Å². The van der Waals surface area contributed by atoms with Crippen LogP contribution >= 0.6 is 23.4 Å². The van der Waals surface area contributed by atoms with Gasteiger partial charge < -0.3 is 5.32 Å². The lowest BCUT2D eigenvalue weighted by atomic mass is 9.91. The van der Waals surface area contributed by atoms with Gasteiger partial charge >= 0.3 is 0 Å². The molecule has 2 atom stereocenters. The maximum atomic E-state index is 13.1. The molecule has 0 bridgehead atoms. The summed E-state index contributed by atoms with van der Waals surface area (Å²) in [6.45, 7) is 2.32. The Labute approximate surface area is 117 Å². The Kier molecular flexibility index (Phi) is 4.57. The second kappa shape index (κ2) is 5.81. The summed E-state index contributed by atoms with van der Waals surface area (Å²) in [5.41, 5.74) is 1.09. The Hall–Kier alpha value is -0.250. The molecule has 0 amide bonds. The number of nitrogens with one attached hydrogen (secondary N) is 1. The minimum Gasteiger partial charge on any atom is -0.315 e. The van der Waals surface area contributed by atoms with Gasteiger partial charge in [0.05, 0.1) is 5.02 Å². The minimum atomic E-state index is -0.345. The van der Waals surface area contributed by atoms with Gasteiger partial charge in [0.2, 0.25) is 0 Å². The van der Waals surface area contributed by atoms with Gasteiger partial charge in [0.25, 0.3) is 0 Å². The number of thioether (sulfide) groups is 1. The van der Waals surface area contributed by atoms with Crippen molar-refractivity contribution in [1.82, 2.24) is 5.32 Å². The van der Waals surface area contributed by atoms with Crippen LogP contribution in [0.25, 0.3) is 0 Å². The maximum Gasteiger partial charge on any atom is 0.141 e. The van der Waals surface area contributed by atoms with Gasteiger partial charge in [-0.1, -0.05) is 17.7 Å². The van der Waals surface area contributed by atoms with Gasteiger partial charge in [-0.05, 0) is 56.7 Å². The summed E-state index contributed by atoms with van der Waals surface area (Å²) in [4.78, 5) is 0. The fourth-order valence-corrected chi connectivity index (χ4v) is 4.25. The molecule has 2 unspecified atom stereocenters. The predicted octanol–water partition coefficient (Wildman–Crippen LogP) is 3.90. The van der Waals surface area contributed by atoms with E-state index in [0.717, 1.165) is 12.0 Å². The smallest absolute Gasteiger partial charge is 0.141 e. The summed E-state index contributed by atoms with van der Waals surface area (Å²) in [6, 6.07) is 5.42. The number of rotatable bonds is 4. The molecule has 0 spiro atoms. The van der Waals surface area contributed by atoms with Crippen LogP contribution in [-0.2, 0) is 6.42 Å². The quantitative estimate of drug-likeness (QED) is 0.901. The lowest BCUT2D eigenvalue weighted by molar-refractivity contribution is 0.424. The highest BCUT2D eigenvalue weighted by Gasteiger charge is 2.36. The molecular formula is C14H19ClFNS. The number of halogens is 2. The van der Waals surface area contributed by atoms with E-state index in [4.69, 9.17) is 11.6 Å². The second-order valence-corrected chi connectivity index (χ2v) is 7.10. The van der Waals surface area contributed by atoms with Crippen LogP contribution in [0.4, 0.5) is 4.39 Å². The Morgan fingerprint density at radius 1 is 1.56 bits per heavy atom. The van der Waals surface area contributed by atoms with E-state index >= 15 is 0 Å². The summed E-state index contributed by atoms with van der Waals surface area (Å²) in [7, 11) is 2.00. The summed E-state index contributed by atoms with van der Waals surface area (Å²) >= 11 is 7.87. The minimum absolute atomic E-state index is 0.214. The molecular weight excluding hydrogens is 269 g/mol. The molecule has 4 heteroatoms. The average molecular weight is 288 g/mol. The molecule has 100 valence electrons. The van der Waals surface area contributed by atoms with Crippen molar-refractivity contribution in [3.8, 4) is 0 Å². The first-order valence-electron chi connectivity index (χ1n) is 6.30. The molecule has 1 nitrogen and oxygen atoms in total. The molecule has 1 heterocycles. The van der Waals surface area contributed by atoms with Crippen LogP contribution in [0, 0.1) is 5.82 Å². The molecule has 1 aliphatic rings.